The van der Waals surface area contributed by atoms with Crippen molar-refractivity contribution in [3.63, 3.8) is 0 Å². The third kappa shape index (κ3) is 5.32. The molecule has 6 heteroatoms. The Bertz CT molecular complexity index is 328. The van der Waals surface area contributed by atoms with Gasteiger partial charge in [-0.05, 0) is 25.5 Å². The summed E-state index contributed by atoms with van der Waals surface area (Å²) in [6.45, 7) is 1.78. The van der Waals surface area contributed by atoms with Crippen LogP contribution in [0.1, 0.15) is 30.3 Å². The number of alkyl halides is 3. The molecule has 0 saturated carbocycles. The smallest absolute Gasteiger partial charge is 0.323 e. The van der Waals surface area contributed by atoms with Gasteiger partial charge < -0.3 is 5.73 Å². The van der Waals surface area contributed by atoms with Crippen LogP contribution in [0.5, 0.6) is 0 Å². The molecule has 0 aliphatic rings. The van der Waals surface area contributed by atoms with E-state index in [0.29, 0.717) is 5.69 Å². The van der Waals surface area contributed by atoms with E-state index in [1.165, 1.54) is 0 Å². The van der Waals surface area contributed by atoms with Crippen LogP contribution in [0.2, 0.25) is 0 Å². The monoisotopic (exact) mass is 254 g/mol. The zero-order valence-electron chi connectivity index (χ0n) is 8.79. The molecule has 0 aliphatic heterocycles. The van der Waals surface area contributed by atoms with Crippen molar-refractivity contribution in [1.82, 2.24) is 4.98 Å². The number of pyridine rings is 1. The van der Waals surface area contributed by atoms with Crippen LogP contribution in [0.3, 0.4) is 0 Å². The molecule has 2 N–H and O–H groups in total. The summed E-state index contributed by atoms with van der Waals surface area (Å²) in [7, 11) is 0. The number of aromatic nitrogens is 1. The predicted octanol–water partition coefficient (Wildman–Crippen LogP) is 3.15. The molecule has 16 heavy (non-hydrogen) atoms. The van der Waals surface area contributed by atoms with Gasteiger partial charge in [-0.2, -0.15) is 13.2 Å². The lowest BCUT2D eigenvalue weighted by Crippen LogP contribution is -2.17. The predicted molar refractivity (Wildman–Crippen MR) is 58.4 cm³/mol. The maximum absolute atomic E-state index is 11.9. The molecule has 0 bridgehead atoms. The number of hydrogen-bond donors (Lipinski definition) is 1. The zero-order chi connectivity index (χ0) is 11.5. The second-order valence-electron chi connectivity index (χ2n) is 3.46. The SMILES string of the molecule is Cc1cccc([C@H](N)CCC(F)(F)F)n1.Cl. The van der Waals surface area contributed by atoms with Crippen molar-refractivity contribution < 1.29 is 13.2 Å². The molecule has 1 heterocycles. The Hall–Kier alpha value is -0.810. The standard InChI is InChI=1S/C10H13F3N2.ClH/c1-7-3-2-4-9(15-7)8(14)5-6-10(11,12)13;/h2-4,8H,5-6,14H2,1H3;1H/t8-;/m1./s1. The molecule has 1 aromatic heterocycles. The van der Waals surface area contributed by atoms with Gasteiger partial charge in [-0.25, -0.2) is 0 Å². The summed E-state index contributed by atoms with van der Waals surface area (Å²) in [5.74, 6) is 0. The van der Waals surface area contributed by atoms with Gasteiger partial charge in [-0.1, -0.05) is 6.07 Å². The third-order valence-corrected chi connectivity index (χ3v) is 2.03. The van der Waals surface area contributed by atoms with E-state index in [1.54, 1.807) is 25.1 Å². The zero-order valence-corrected chi connectivity index (χ0v) is 9.61. The molecule has 92 valence electrons. The third-order valence-electron chi connectivity index (χ3n) is 2.03. The van der Waals surface area contributed by atoms with Crippen LogP contribution in [0, 0.1) is 6.92 Å². The first kappa shape index (κ1) is 15.2. The van der Waals surface area contributed by atoms with Crippen LogP contribution in [0.15, 0.2) is 18.2 Å². The largest absolute Gasteiger partial charge is 0.389 e. The second kappa shape index (κ2) is 6.06. The molecule has 1 aromatic rings. The van der Waals surface area contributed by atoms with Crippen LogP contribution < -0.4 is 5.73 Å². The van der Waals surface area contributed by atoms with Gasteiger partial charge in [-0.15, -0.1) is 12.4 Å². The first-order valence-electron chi connectivity index (χ1n) is 4.64. The second-order valence-corrected chi connectivity index (χ2v) is 3.46. The number of hydrogen-bond acceptors (Lipinski definition) is 2. The van der Waals surface area contributed by atoms with Gasteiger partial charge in [0.2, 0.25) is 0 Å². The average Bonchev–Trinajstić information content (AvgIpc) is 2.13. The molecule has 1 rings (SSSR count). The van der Waals surface area contributed by atoms with Gasteiger partial charge in [0.05, 0.1) is 5.69 Å². The highest BCUT2D eigenvalue weighted by Crippen LogP contribution is 2.25. The summed E-state index contributed by atoms with van der Waals surface area (Å²) in [4.78, 5) is 4.08. The Balaban J connectivity index is 0.00000225. The fourth-order valence-corrected chi connectivity index (χ4v) is 1.24. The molecule has 0 radical (unpaired) electrons. The van der Waals surface area contributed by atoms with Gasteiger partial charge in [-0.3, -0.25) is 4.98 Å². The van der Waals surface area contributed by atoms with Gasteiger partial charge >= 0.3 is 6.18 Å². The molecule has 0 unspecified atom stereocenters. The van der Waals surface area contributed by atoms with Crippen molar-refractivity contribution in [2.24, 2.45) is 5.73 Å². The van der Waals surface area contributed by atoms with Crippen LogP contribution in [0.4, 0.5) is 13.2 Å². The van der Waals surface area contributed by atoms with E-state index in [1.807, 2.05) is 0 Å². The van der Waals surface area contributed by atoms with Gasteiger partial charge in [0, 0.05) is 18.2 Å². The number of rotatable bonds is 3. The number of nitrogens with two attached hydrogens (primary N) is 1. The summed E-state index contributed by atoms with van der Waals surface area (Å²) >= 11 is 0. The molecule has 1 atom stereocenters. The van der Waals surface area contributed by atoms with Gasteiger partial charge in [0.25, 0.3) is 0 Å². The lowest BCUT2D eigenvalue weighted by molar-refractivity contribution is -0.136. The molecule has 0 aliphatic carbocycles. The minimum absolute atomic E-state index is 0. The van der Waals surface area contributed by atoms with E-state index < -0.39 is 18.6 Å². The van der Waals surface area contributed by atoms with Crippen molar-refractivity contribution in [2.75, 3.05) is 0 Å². The molecule has 0 amide bonds. The van der Waals surface area contributed by atoms with Crippen molar-refractivity contribution in [3.05, 3.63) is 29.6 Å². The fourth-order valence-electron chi connectivity index (χ4n) is 1.24. The molecule has 0 aromatic carbocycles. The van der Waals surface area contributed by atoms with Crippen LogP contribution in [-0.4, -0.2) is 11.2 Å². The first-order chi connectivity index (χ1) is 6.88. The molecule has 0 spiro atoms. The lowest BCUT2D eigenvalue weighted by atomic mass is 10.1. The van der Waals surface area contributed by atoms with E-state index in [0.717, 1.165) is 5.69 Å². The van der Waals surface area contributed by atoms with E-state index in [2.05, 4.69) is 4.98 Å². The van der Waals surface area contributed by atoms with E-state index in [9.17, 15) is 13.2 Å². The summed E-state index contributed by atoms with van der Waals surface area (Å²) in [6, 6.07) is 4.52. The van der Waals surface area contributed by atoms with E-state index in [4.69, 9.17) is 5.73 Å². The summed E-state index contributed by atoms with van der Waals surface area (Å²) in [5, 5.41) is 0. The molecular formula is C10H14ClF3N2. The minimum atomic E-state index is -4.15. The molecule has 0 saturated heterocycles. The van der Waals surface area contributed by atoms with Crippen LogP contribution in [-0.2, 0) is 0 Å². The summed E-state index contributed by atoms with van der Waals surface area (Å²) < 4.78 is 35.8. The Morgan fingerprint density at radius 3 is 2.50 bits per heavy atom. The van der Waals surface area contributed by atoms with Crippen LogP contribution in [0.25, 0.3) is 0 Å². The van der Waals surface area contributed by atoms with E-state index >= 15 is 0 Å². The first-order valence-corrected chi connectivity index (χ1v) is 4.64. The lowest BCUT2D eigenvalue weighted by Gasteiger charge is -2.12. The Morgan fingerprint density at radius 1 is 1.38 bits per heavy atom. The maximum Gasteiger partial charge on any atom is 0.389 e. The number of halogens is 4. The highest BCUT2D eigenvalue weighted by molar-refractivity contribution is 5.85. The summed E-state index contributed by atoms with van der Waals surface area (Å²) in [5.41, 5.74) is 6.88. The summed E-state index contributed by atoms with van der Waals surface area (Å²) in [6.07, 6.45) is -5.15. The van der Waals surface area contributed by atoms with E-state index in [-0.39, 0.29) is 18.8 Å². The number of nitrogens with zero attached hydrogens (tertiary/aromatic N) is 1. The van der Waals surface area contributed by atoms with Crippen molar-refractivity contribution in [2.45, 2.75) is 32.0 Å². The number of aryl methyl sites for hydroxylation is 1. The Labute approximate surface area is 98.5 Å². The maximum atomic E-state index is 11.9. The quantitative estimate of drug-likeness (QED) is 0.900. The van der Waals surface area contributed by atoms with Crippen LogP contribution >= 0.6 is 12.4 Å². The molecular weight excluding hydrogens is 241 g/mol. The fraction of sp³-hybridized carbons (Fsp3) is 0.500. The topological polar surface area (TPSA) is 38.9 Å². The van der Waals surface area contributed by atoms with Gasteiger partial charge in [0.1, 0.15) is 0 Å². The highest BCUT2D eigenvalue weighted by atomic mass is 35.5. The Kier molecular flexibility index (Phi) is 5.75. The molecule has 0 fully saturated rings. The van der Waals surface area contributed by atoms with Crippen molar-refractivity contribution >= 4 is 12.4 Å². The van der Waals surface area contributed by atoms with Crippen molar-refractivity contribution in [1.29, 1.82) is 0 Å². The minimum Gasteiger partial charge on any atom is -0.323 e. The Morgan fingerprint density at radius 2 is 2.00 bits per heavy atom. The van der Waals surface area contributed by atoms with Gasteiger partial charge in [0.15, 0.2) is 0 Å². The average molecular weight is 255 g/mol. The normalized spacial score (nSPS) is 13.1. The van der Waals surface area contributed by atoms with Crippen molar-refractivity contribution in [3.8, 4) is 0 Å². The molecule has 2 nitrogen and oxygen atoms in total. The highest BCUT2D eigenvalue weighted by Gasteiger charge is 2.28.